The summed E-state index contributed by atoms with van der Waals surface area (Å²) in [5, 5.41) is 0.530. The number of pyridine rings is 2. The van der Waals surface area contributed by atoms with Crippen LogP contribution in [0.2, 0.25) is 10.0 Å². The molecule has 8 heteroatoms. The zero-order valence-electron chi connectivity index (χ0n) is 9.50. The molecule has 0 aliphatic heterocycles. The second-order valence-corrected chi connectivity index (χ2v) is 5.48. The smallest absolute Gasteiger partial charge is 0.233 e. The fraction of sp³-hybridized carbons (Fsp3) is 0.0909. The summed E-state index contributed by atoms with van der Waals surface area (Å²) in [5.41, 5.74) is 0. The normalized spacial score (nSPS) is 9.58. The van der Waals surface area contributed by atoms with Crippen LogP contribution in [0.25, 0.3) is 0 Å². The van der Waals surface area contributed by atoms with Gasteiger partial charge in [0.15, 0.2) is 0 Å². The Labute approximate surface area is 136 Å². The lowest BCUT2D eigenvalue weighted by Crippen LogP contribution is -1.87. The molecule has 0 aliphatic rings. The van der Waals surface area contributed by atoms with E-state index in [9.17, 15) is 4.39 Å². The van der Waals surface area contributed by atoms with Gasteiger partial charge < -0.3 is 4.74 Å². The maximum Gasteiger partial charge on any atom is 0.233 e. The number of nitrogens with zero attached hydrogens (tertiary/aromatic N) is 2. The van der Waals surface area contributed by atoms with E-state index in [-0.39, 0.29) is 5.02 Å². The molecule has 2 rings (SSSR count). The standard InChI is InChI=1S/C6H5BrClNO.C5H2BrClFN/c1-10-6-5(8)4(7)2-3-9-6;6-3-1-2-9-5(8)4(3)7/h2-3H,1H3;1-2H. The largest absolute Gasteiger partial charge is 0.480 e. The molecular formula is C11H7Br2Cl2FN2O. The molecular weight excluding hydrogens is 426 g/mol. The molecule has 0 bridgehead atoms. The van der Waals surface area contributed by atoms with Gasteiger partial charge in [-0.15, -0.1) is 0 Å². The topological polar surface area (TPSA) is 35.0 Å². The minimum Gasteiger partial charge on any atom is -0.480 e. The van der Waals surface area contributed by atoms with E-state index in [2.05, 4.69) is 41.8 Å². The monoisotopic (exact) mass is 430 g/mol. The molecule has 2 aromatic heterocycles. The van der Waals surface area contributed by atoms with Gasteiger partial charge in [-0.1, -0.05) is 23.2 Å². The molecule has 19 heavy (non-hydrogen) atoms. The van der Waals surface area contributed by atoms with Gasteiger partial charge in [0.1, 0.15) is 10.0 Å². The Morgan fingerprint density at radius 1 is 1.05 bits per heavy atom. The van der Waals surface area contributed by atoms with Crippen molar-refractivity contribution in [1.29, 1.82) is 0 Å². The van der Waals surface area contributed by atoms with Gasteiger partial charge in [0, 0.05) is 21.3 Å². The number of hydrogen-bond acceptors (Lipinski definition) is 3. The SMILES string of the molecule is COc1nccc(Br)c1Cl.Fc1nccc(Br)c1Cl. The Morgan fingerprint density at radius 2 is 1.58 bits per heavy atom. The van der Waals surface area contributed by atoms with Crippen LogP contribution in [-0.4, -0.2) is 17.1 Å². The van der Waals surface area contributed by atoms with Gasteiger partial charge >= 0.3 is 0 Å². The Balaban J connectivity index is 0.000000191. The summed E-state index contributed by atoms with van der Waals surface area (Å²) in [6, 6.07) is 3.33. The van der Waals surface area contributed by atoms with Crippen molar-refractivity contribution in [2.24, 2.45) is 0 Å². The summed E-state index contributed by atoms with van der Waals surface area (Å²) in [6.07, 6.45) is 2.96. The highest BCUT2D eigenvalue weighted by Crippen LogP contribution is 2.28. The summed E-state index contributed by atoms with van der Waals surface area (Å²) in [5.74, 6) is -0.206. The molecule has 0 unspecified atom stereocenters. The quantitative estimate of drug-likeness (QED) is 0.585. The summed E-state index contributed by atoms with van der Waals surface area (Å²) in [6.45, 7) is 0. The van der Waals surface area contributed by atoms with Crippen LogP contribution < -0.4 is 4.74 Å². The van der Waals surface area contributed by atoms with Crippen LogP contribution in [0, 0.1) is 5.95 Å². The fourth-order valence-corrected chi connectivity index (χ4v) is 1.81. The van der Waals surface area contributed by atoms with E-state index in [0.717, 1.165) is 4.47 Å². The molecule has 2 aromatic rings. The van der Waals surface area contributed by atoms with Crippen LogP contribution in [0.15, 0.2) is 33.5 Å². The molecule has 0 saturated heterocycles. The highest BCUT2D eigenvalue weighted by Gasteiger charge is 2.03. The highest BCUT2D eigenvalue weighted by molar-refractivity contribution is 9.10. The van der Waals surface area contributed by atoms with Crippen LogP contribution in [0.3, 0.4) is 0 Å². The van der Waals surface area contributed by atoms with E-state index in [0.29, 0.717) is 15.4 Å². The molecule has 102 valence electrons. The van der Waals surface area contributed by atoms with E-state index in [1.165, 1.54) is 13.3 Å². The van der Waals surface area contributed by atoms with Crippen LogP contribution in [0.1, 0.15) is 0 Å². The van der Waals surface area contributed by atoms with E-state index < -0.39 is 5.95 Å². The molecule has 0 aliphatic carbocycles. The van der Waals surface area contributed by atoms with Gasteiger partial charge in [0.25, 0.3) is 0 Å². The predicted molar refractivity (Wildman–Crippen MR) is 80.4 cm³/mol. The van der Waals surface area contributed by atoms with Crippen molar-refractivity contribution in [3.63, 3.8) is 0 Å². The van der Waals surface area contributed by atoms with E-state index in [1.54, 1.807) is 18.3 Å². The first-order chi connectivity index (χ1) is 8.97. The lowest BCUT2D eigenvalue weighted by molar-refractivity contribution is 0.398. The van der Waals surface area contributed by atoms with Crippen molar-refractivity contribution in [3.05, 3.63) is 49.5 Å². The first-order valence-electron chi connectivity index (χ1n) is 4.76. The third-order valence-corrected chi connectivity index (χ3v) is 4.31. The molecule has 0 saturated carbocycles. The van der Waals surface area contributed by atoms with Crippen molar-refractivity contribution < 1.29 is 9.13 Å². The molecule has 0 radical (unpaired) electrons. The second-order valence-electron chi connectivity index (χ2n) is 3.01. The molecule has 0 N–H and O–H groups in total. The number of aromatic nitrogens is 2. The molecule has 0 spiro atoms. The van der Waals surface area contributed by atoms with Crippen molar-refractivity contribution in [2.75, 3.05) is 7.11 Å². The first-order valence-corrected chi connectivity index (χ1v) is 7.11. The Kier molecular flexibility index (Phi) is 6.99. The maximum absolute atomic E-state index is 12.3. The number of hydrogen-bond donors (Lipinski definition) is 0. The van der Waals surface area contributed by atoms with Crippen molar-refractivity contribution in [3.8, 4) is 5.88 Å². The minimum atomic E-state index is -0.647. The lowest BCUT2D eigenvalue weighted by atomic mass is 10.5. The van der Waals surface area contributed by atoms with Gasteiger partial charge in [0.05, 0.1) is 7.11 Å². The summed E-state index contributed by atoms with van der Waals surface area (Å²) in [7, 11) is 1.53. The third kappa shape index (κ3) is 4.87. The molecule has 2 heterocycles. The number of rotatable bonds is 1. The minimum absolute atomic E-state index is 0.0255. The average molecular weight is 433 g/mol. The second kappa shape index (κ2) is 7.99. The van der Waals surface area contributed by atoms with Crippen LogP contribution in [0.5, 0.6) is 5.88 Å². The molecule has 0 aromatic carbocycles. The highest BCUT2D eigenvalue weighted by atomic mass is 79.9. The number of methoxy groups -OCH3 is 1. The maximum atomic E-state index is 12.3. The lowest BCUT2D eigenvalue weighted by Gasteiger charge is -2.00. The van der Waals surface area contributed by atoms with Crippen molar-refractivity contribution in [2.45, 2.75) is 0 Å². The summed E-state index contributed by atoms with van der Waals surface area (Å²) >= 11 is 17.4. The Bertz CT molecular complexity index is 552. The van der Waals surface area contributed by atoms with Crippen molar-refractivity contribution >= 4 is 55.1 Å². The van der Waals surface area contributed by atoms with E-state index in [1.807, 2.05) is 0 Å². The molecule has 0 fully saturated rings. The summed E-state index contributed by atoms with van der Waals surface area (Å²) < 4.78 is 18.5. The van der Waals surface area contributed by atoms with Crippen LogP contribution in [-0.2, 0) is 0 Å². The van der Waals surface area contributed by atoms with Crippen LogP contribution in [0.4, 0.5) is 4.39 Å². The van der Waals surface area contributed by atoms with Gasteiger partial charge in [-0.05, 0) is 44.0 Å². The molecule has 3 nitrogen and oxygen atoms in total. The zero-order chi connectivity index (χ0) is 14.4. The van der Waals surface area contributed by atoms with Gasteiger partial charge in [-0.3, -0.25) is 0 Å². The number of halogens is 5. The van der Waals surface area contributed by atoms with Gasteiger partial charge in [-0.25, -0.2) is 9.97 Å². The van der Waals surface area contributed by atoms with E-state index >= 15 is 0 Å². The Hall–Kier alpha value is -0.430. The predicted octanol–water partition coefficient (Wildman–Crippen LogP) is 5.14. The average Bonchev–Trinajstić information content (AvgIpc) is 2.40. The van der Waals surface area contributed by atoms with E-state index in [4.69, 9.17) is 27.9 Å². The summed E-state index contributed by atoms with van der Waals surface area (Å²) in [4.78, 5) is 7.18. The van der Waals surface area contributed by atoms with Gasteiger partial charge in [0.2, 0.25) is 11.8 Å². The Morgan fingerprint density at radius 3 is 2.00 bits per heavy atom. The molecule has 0 atom stereocenters. The fourth-order valence-electron chi connectivity index (χ4n) is 0.941. The van der Waals surface area contributed by atoms with Gasteiger partial charge in [-0.2, -0.15) is 4.39 Å². The van der Waals surface area contributed by atoms with Crippen LogP contribution >= 0.6 is 55.1 Å². The first kappa shape index (κ1) is 16.6. The van der Waals surface area contributed by atoms with Crippen molar-refractivity contribution in [1.82, 2.24) is 9.97 Å². The number of ether oxygens (including phenoxy) is 1. The third-order valence-electron chi connectivity index (χ3n) is 1.80. The zero-order valence-corrected chi connectivity index (χ0v) is 14.2. The molecule has 0 amide bonds.